The van der Waals surface area contributed by atoms with Crippen molar-refractivity contribution in [2.45, 2.75) is 55.7 Å². The van der Waals surface area contributed by atoms with Crippen molar-refractivity contribution in [3.63, 3.8) is 0 Å². The first-order valence-electron chi connectivity index (χ1n) is 12.2. The van der Waals surface area contributed by atoms with Crippen molar-refractivity contribution >= 4 is 15.7 Å². The Morgan fingerprint density at radius 3 is 2.18 bits per heavy atom. The summed E-state index contributed by atoms with van der Waals surface area (Å²) in [6.07, 6.45) is -1.10. The molecule has 0 saturated carbocycles. The molecule has 204 valence electrons. The maximum Gasteiger partial charge on any atom is 0.405 e. The Morgan fingerprint density at radius 1 is 0.895 bits per heavy atom. The summed E-state index contributed by atoms with van der Waals surface area (Å²) in [7, 11) is -4.53. The molecule has 3 heterocycles. The lowest BCUT2D eigenvalue weighted by molar-refractivity contribution is -0.176. The Morgan fingerprint density at radius 2 is 1.55 bits per heavy atom. The number of hydrogen-bond acceptors (Lipinski definition) is 5. The van der Waals surface area contributed by atoms with Crippen LogP contribution in [0.5, 0.6) is 0 Å². The van der Waals surface area contributed by atoms with Gasteiger partial charge in [0.25, 0.3) is 0 Å². The van der Waals surface area contributed by atoms with E-state index in [0.717, 1.165) is 12.1 Å². The number of sulfonamides is 1. The predicted molar refractivity (Wildman–Crippen MR) is 130 cm³/mol. The van der Waals surface area contributed by atoms with E-state index in [4.69, 9.17) is 0 Å². The maximum absolute atomic E-state index is 15.2. The number of aromatic nitrogens is 3. The molecule has 2 atom stereocenters. The van der Waals surface area contributed by atoms with Crippen molar-refractivity contribution in [2.75, 3.05) is 18.0 Å². The molecule has 0 bridgehead atoms. The molecule has 0 unspecified atom stereocenters. The van der Waals surface area contributed by atoms with E-state index >= 15 is 8.78 Å². The molecule has 1 aromatic heterocycles. The Hall–Kier alpha value is -3.06. The van der Waals surface area contributed by atoms with E-state index in [1.807, 2.05) is 4.57 Å². The average molecular weight is 556 g/mol. The SMILES string of the molecule is O=S1(=O)[C@@H](c2ccccc2)CC[C@H](C(F)(F)F)N1Cc1cc(F)c(N2CCC(n3cnnc3)CC2)cc1F. The topological polar surface area (TPSA) is 71.3 Å². The summed E-state index contributed by atoms with van der Waals surface area (Å²) >= 11 is 0. The summed E-state index contributed by atoms with van der Waals surface area (Å²) in [5.41, 5.74) is -0.100. The molecule has 2 saturated heterocycles. The fourth-order valence-corrected chi connectivity index (χ4v) is 7.55. The minimum Gasteiger partial charge on any atom is -0.369 e. The van der Waals surface area contributed by atoms with Gasteiger partial charge in [0.05, 0.1) is 5.69 Å². The third-order valence-electron chi connectivity index (χ3n) is 7.39. The number of nitrogens with zero attached hydrogens (tertiary/aromatic N) is 5. The predicted octanol–water partition coefficient (Wildman–Crippen LogP) is 5.00. The van der Waals surface area contributed by atoms with Gasteiger partial charge in [-0.1, -0.05) is 30.3 Å². The van der Waals surface area contributed by atoms with Gasteiger partial charge in [-0.15, -0.1) is 10.2 Å². The molecule has 13 heteroatoms. The highest BCUT2D eigenvalue weighted by molar-refractivity contribution is 7.89. The second-order valence-electron chi connectivity index (χ2n) is 9.65. The van der Waals surface area contributed by atoms with Crippen molar-refractivity contribution in [1.29, 1.82) is 0 Å². The van der Waals surface area contributed by atoms with E-state index in [9.17, 15) is 21.6 Å². The van der Waals surface area contributed by atoms with Crippen LogP contribution >= 0.6 is 0 Å². The van der Waals surface area contributed by atoms with Crippen LogP contribution in [0.4, 0.5) is 27.6 Å². The highest BCUT2D eigenvalue weighted by Crippen LogP contribution is 2.43. The van der Waals surface area contributed by atoms with Gasteiger partial charge < -0.3 is 9.47 Å². The van der Waals surface area contributed by atoms with Gasteiger partial charge in [-0.3, -0.25) is 0 Å². The number of rotatable bonds is 5. The molecule has 0 amide bonds. The van der Waals surface area contributed by atoms with E-state index < -0.39 is 57.7 Å². The molecule has 3 aromatic rings. The van der Waals surface area contributed by atoms with Gasteiger partial charge in [-0.25, -0.2) is 17.2 Å². The molecular formula is C25H26F5N5O2S. The molecule has 7 nitrogen and oxygen atoms in total. The maximum atomic E-state index is 15.2. The van der Waals surface area contributed by atoms with Gasteiger partial charge in [-0.2, -0.15) is 17.5 Å². The first-order chi connectivity index (χ1) is 18.1. The van der Waals surface area contributed by atoms with E-state index in [1.54, 1.807) is 35.8 Å². The van der Waals surface area contributed by atoms with E-state index in [-0.39, 0.29) is 22.5 Å². The van der Waals surface area contributed by atoms with Gasteiger partial charge in [0, 0.05) is 37.3 Å². The first-order valence-corrected chi connectivity index (χ1v) is 13.8. The zero-order valence-electron chi connectivity index (χ0n) is 20.2. The average Bonchev–Trinajstić information content (AvgIpc) is 3.42. The van der Waals surface area contributed by atoms with Crippen LogP contribution in [0.2, 0.25) is 0 Å². The molecule has 5 rings (SSSR count). The molecule has 2 aliphatic rings. The number of alkyl halides is 3. The second kappa shape index (κ2) is 10.3. The molecule has 0 radical (unpaired) electrons. The molecular weight excluding hydrogens is 529 g/mol. The minimum atomic E-state index is -4.86. The van der Waals surface area contributed by atoms with Crippen molar-refractivity contribution in [2.24, 2.45) is 0 Å². The smallest absolute Gasteiger partial charge is 0.369 e. The summed E-state index contributed by atoms with van der Waals surface area (Å²) in [4.78, 5) is 1.67. The molecule has 0 spiro atoms. The van der Waals surface area contributed by atoms with Crippen LogP contribution in [0.25, 0.3) is 0 Å². The summed E-state index contributed by atoms with van der Waals surface area (Å²) in [5.74, 6) is -1.78. The van der Waals surface area contributed by atoms with Gasteiger partial charge >= 0.3 is 6.18 Å². The largest absolute Gasteiger partial charge is 0.405 e. The highest BCUT2D eigenvalue weighted by Gasteiger charge is 2.53. The van der Waals surface area contributed by atoms with E-state index in [2.05, 4.69) is 10.2 Å². The van der Waals surface area contributed by atoms with Crippen molar-refractivity contribution in [1.82, 2.24) is 19.1 Å². The third-order valence-corrected chi connectivity index (χ3v) is 9.66. The summed E-state index contributed by atoms with van der Waals surface area (Å²) < 4.78 is 101. The van der Waals surface area contributed by atoms with Crippen LogP contribution in [0, 0.1) is 11.6 Å². The summed E-state index contributed by atoms with van der Waals surface area (Å²) in [6, 6.07) is 7.50. The lowest BCUT2D eigenvalue weighted by Crippen LogP contribution is -2.52. The Bertz CT molecular complexity index is 1360. The van der Waals surface area contributed by atoms with Gasteiger partial charge in [0.1, 0.15) is 35.6 Å². The fourth-order valence-electron chi connectivity index (χ4n) is 5.39. The minimum absolute atomic E-state index is 0.00973. The van der Waals surface area contributed by atoms with Gasteiger partial charge in [0.2, 0.25) is 10.0 Å². The van der Waals surface area contributed by atoms with Crippen LogP contribution in [0.1, 0.15) is 48.1 Å². The number of hydrogen-bond donors (Lipinski definition) is 0. The molecule has 2 aromatic carbocycles. The number of anilines is 1. The first kappa shape index (κ1) is 26.5. The van der Waals surface area contributed by atoms with Crippen molar-refractivity contribution in [3.8, 4) is 0 Å². The Kier molecular flexibility index (Phi) is 7.16. The number of halogens is 5. The zero-order valence-corrected chi connectivity index (χ0v) is 21.0. The van der Waals surface area contributed by atoms with Crippen molar-refractivity contribution < 1.29 is 30.4 Å². The normalized spacial score (nSPS) is 23.0. The van der Waals surface area contributed by atoms with E-state index in [0.29, 0.717) is 31.5 Å². The molecule has 0 N–H and O–H groups in total. The third kappa shape index (κ3) is 5.13. The molecule has 38 heavy (non-hydrogen) atoms. The molecule has 2 fully saturated rings. The van der Waals surface area contributed by atoms with E-state index in [1.165, 1.54) is 12.1 Å². The van der Waals surface area contributed by atoms with Crippen LogP contribution in [-0.2, 0) is 16.6 Å². The zero-order chi connectivity index (χ0) is 27.1. The lowest BCUT2D eigenvalue weighted by atomic mass is 10.0. The summed E-state index contributed by atoms with van der Waals surface area (Å²) in [6.45, 7) is -0.0729. The van der Waals surface area contributed by atoms with Gasteiger partial charge in [0.15, 0.2) is 0 Å². The Balaban J connectivity index is 1.40. The standard InChI is InChI=1S/C25H26F5N5O2S/c26-20-13-22(33-10-8-19(9-11-33)34-15-31-32-16-34)21(27)12-18(20)14-35-24(25(28,29)30)7-6-23(38(35,36)37)17-4-2-1-3-5-17/h1-5,12-13,15-16,19,23-24H,6-11,14H2/t23-,24-/m1/s1. The molecule has 0 aliphatic carbocycles. The number of piperidine rings is 1. The number of benzene rings is 2. The monoisotopic (exact) mass is 555 g/mol. The van der Waals surface area contributed by atoms with Gasteiger partial charge in [-0.05, 0) is 37.3 Å². The highest BCUT2D eigenvalue weighted by atomic mass is 32.2. The fraction of sp³-hybridized carbons (Fsp3) is 0.440. The van der Waals surface area contributed by atoms with Crippen LogP contribution < -0.4 is 4.90 Å². The van der Waals surface area contributed by atoms with Crippen LogP contribution in [0.15, 0.2) is 55.1 Å². The van der Waals surface area contributed by atoms with Crippen LogP contribution in [-0.4, -0.2) is 52.8 Å². The molecule has 2 aliphatic heterocycles. The van der Waals surface area contributed by atoms with Crippen LogP contribution in [0.3, 0.4) is 0 Å². The van der Waals surface area contributed by atoms with Crippen molar-refractivity contribution in [3.05, 3.63) is 77.9 Å². The summed E-state index contributed by atoms with van der Waals surface area (Å²) in [5, 5.41) is 6.36. The quantitative estimate of drug-likeness (QED) is 0.415. The second-order valence-corrected chi connectivity index (χ2v) is 11.7. The lowest BCUT2D eigenvalue weighted by Gasteiger charge is -2.40. The Labute approximate surface area is 216 Å².